The Morgan fingerprint density at radius 3 is 1.90 bits per heavy atom. The Balaban J connectivity index is 1.33. The van der Waals surface area contributed by atoms with Crippen LogP contribution in [0.25, 0.3) is 0 Å². The topological polar surface area (TPSA) is 80.9 Å². The van der Waals surface area contributed by atoms with E-state index in [1.807, 2.05) is 0 Å². The second-order valence-electron chi connectivity index (χ2n) is 17.2. The van der Waals surface area contributed by atoms with E-state index < -0.39 is 24.9 Å². The summed E-state index contributed by atoms with van der Waals surface area (Å²) in [7, 11) is 0. The van der Waals surface area contributed by atoms with Gasteiger partial charge >= 0.3 is 0 Å². The van der Waals surface area contributed by atoms with Gasteiger partial charge in [0.05, 0.1) is 12.7 Å². The summed E-state index contributed by atoms with van der Waals surface area (Å²) < 4.78 is 0. The minimum Gasteiger partial charge on any atom is -0.394 e. The third-order valence-corrected chi connectivity index (χ3v) is 15.4. The summed E-state index contributed by atoms with van der Waals surface area (Å²) in [6, 6.07) is 0. The zero-order chi connectivity index (χ0) is 28.6. The monoisotopic (exact) mass is 546 g/mol. The summed E-state index contributed by atoms with van der Waals surface area (Å²) in [4.78, 5) is 0. The van der Waals surface area contributed by atoms with Gasteiger partial charge in [-0.15, -0.1) is 0 Å². The minimum absolute atomic E-state index is 0.411. The van der Waals surface area contributed by atoms with Gasteiger partial charge in [-0.2, -0.15) is 0 Å². The van der Waals surface area contributed by atoms with E-state index in [9.17, 15) is 15.3 Å². The Morgan fingerprint density at radius 1 is 0.641 bits per heavy atom. The van der Waals surface area contributed by atoms with Crippen LogP contribution < -0.4 is 0 Å². The lowest BCUT2D eigenvalue weighted by Crippen LogP contribution is -2.65. The Kier molecular flexibility index (Phi) is 7.95. The van der Waals surface area contributed by atoms with Crippen LogP contribution in [0.3, 0.4) is 0 Å². The van der Waals surface area contributed by atoms with E-state index >= 15 is 0 Å². The highest BCUT2D eigenvalue weighted by Crippen LogP contribution is 2.78. The molecular formula is C35H62O4. The number of aliphatic hydroxyl groups is 4. The first-order valence-electron chi connectivity index (χ1n) is 16.8. The second-order valence-corrected chi connectivity index (χ2v) is 17.2. The highest BCUT2D eigenvalue weighted by atomic mass is 16.4. The molecule has 0 aromatic rings. The predicted octanol–water partition coefficient (Wildman–Crippen LogP) is 6.97. The van der Waals surface area contributed by atoms with Gasteiger partial charge in [0.2, 0.25) is 0 Å². The van der Waals surface area contributed by atoms with Gasteiger partial charge in [0.25, 0.3) is 0 Å². The molecule has 4 N–H and O–H groups in total. The molecule has 39 heavy (non-hydrogen) atoms. The average molecular weight is 547 g/mol. The lowest BCUT2D eigenvalue weighted by atomic mass is 9.32. The second kappa shape index (κ2) is 10.2. The van der Waals surface area contributed by atoms with Gasteiger partial charge in [-0.25, -0.2) is 0 Å². The summed E-state index contributed by atoms with van der Waals surface area (Å²) in [5, 5.41) is 39.5. The SMILES string of the molecule is CC(CCC(O)[C@@H](O)C(O)CO)[C@H]1CC[C@]2(C)[C@H]3CC[C@@H]4[C@@]5(C)CCCC(C)(C)[C@@H]5CC[C@@]4(C)[C@]3(C)CC[C@@H]12. The first kappa shape index (κ1) is 30.3. The fraction of sp³-hybridized carbons (Fsp3) is 1.00. The van der Waals surface area contributed by atoms with Crippen molar-refractivity contribution in [3.63, 3.8) is 0 Å². The van der Waals surface area contributed by atoms with Gasteiger partial charge < -0.3 is 20.4 Å². The summed E-state index contributed by atoms with van der Waals surface area (Å²) in [6.45, 7) is 17.9. The van der Waals surface area contributed by atoms with Crippen LogP contribution in [0.2, 0.25) is 0 Å². The van der Waals surface area contributed by atoms with Crippen molar-refractivity contribution in [2.75, 3.05) is 6.61 Å². The zero-order valence-electron chi connectivity index (χ0n) is 26.4. The maximum atomic E-state index is 10.4. The molecule has 0 bridgehead atoms. The van der Waals surface area contributed by atoms with Gasteiger partial charge in [0.15, 0.2) is 0 Å². The van der Waals surface area contributed by atoms with Crippen molar-refractivity contribution in [1.29, 1.82) is 0 Å². The van der Waals surface area contributed by atoms with Crippen LogP contribution in [-0.2, 0) is 0 Å². The van der Waals surface area contributed by atoms with Crippen molar-refractivity contribution < 1.29 is 20.4 Å². The number of fused-ring (bicyclic) bond motifs is 7. The summed E-state index contributed by atoms with van der Waals surface area (Å²) >= 11 is 0. The van der Waals surface area contributed by atoms with Crippen molar-refractivity contribution in [2.24, 2.45) is 62.6 Å². The van der Waals surface area contributed by atoms with E-state index in [0.717, 1.165) is 30.1 Å². The Bertz CT molecular complexity index is 888. The third-order valence-electron chi connectivity index (χ3n) is 15.4. The highest BCUT2D eigenvalue weighted by Gasteiger charge is 2.70. The molecule has 0 spiro atoms. The quantitative estimate of drug-likeness (QED) is 0.278. The predicted molar refractivity (Wildman–Crippen MR) is 158 cm³/mol. The molecule has 226 valence electrons. The number of rotatable bonds is 7. The van der Waals surface area contributed by atoms with Gasteiger partial charge in [0.1, 0.15) is 12.2 Å². The molecule has 0 radical (unpaired) electrons. The van der Waals surface area contributed by atoms with Crippen LogP contribution in [0, 0.1) is 62.6 Å². The van der Waals surface area contributed by atoms with Crippen molar-refractivity contribution in [1.82, 2.24) is 0 Å². The van der Waals surface area contributed by atoms with Crippen LogP contribution in [0.5, 0.6) is 0 Å². The van der Waals surface area contributed by atoms with Gasteiger partial charge in [-0.05, 0) is 140 Å². The van der Waals surface area contributed by atoms with E-state index in [2.05, 4.69) is 48.5 Å². The maximum absolute atomic E-state index is 10.4. The molecule has 3 unspecified atom stereocenters. The van der Waals surface area contributed by atoms with Crippen LogP contribution in [0.4, 0.5) is 0 Å². The Labute approximate surface area is 239 Å². The fourth-order valence-corrected chi connectivity index (χ4v) is 13.2. The third kappa shape index (κ3) is 4.42. The average Bonchev–Trinajstić information content (AvgIpc) is 3.23. The molecule has 5 fully saturated rings. The molecule has 0 aliphatic heterocycles. The molecule has 5 rings (SSSR count). The first-order valence-corrected chi connectivity index (χ1v) is 16.8. The van der Waals surface area contributed by atoms with E-state index in [1.54, 1.807) is 0 Å². The van der Waals surface area contributed by atoms with Crippen molar-refractivity contribution in [2.45, 2.75) is 150 Å². The Morgan fingerprint density at radius 2 is 1.26 bits per heavy atom. The standard InChI is InChI=1S/C35H62O4/c1-22(9-10-25(37)30(39)26(38)21-36)23-13-18-32(4)24(23)14-19-34(6)28(32)11-12-29-33(5)17-8-16-31(2,3)27(33)15-20-35(29,34)7/h22-30,36-39H,8-21H2,1-7H3/t22?,23-,24+,25?,26?,27+,28-,29-,30-,32+,33+,34-,35-/m1/s1. The molecule has 0 aromatic carbocycles. The van der Waals surface area contributed by atoms with E-state index in [0.29, 0.717) is 45.3 Å². The molecule has 5 aliphatic carbocycles. The summed E-state index contributed by atoms with van der Waals surface area (Å²) in [5.41, 5.74) is 2.27. The lowest BCUT2D eigenvalue weighted by Gasteiger charge is -2.73. The fourth-order valence-electron chi connectivity index (χ4n) is 13.2. The minimum atomic E-state index is -1.27. The number of hydrogen-bond donors (Lipinski definition) is 4. The summed E-state index contributed by atoms with van der Waals surface area (Å²) in [6.07, 6.45) is 13.2. The first-order chi connectivity index (χ1) is 18.2. The Hall–Kier alpha value is -0.160. The van der Waals surface area contributed by atoms with E-state index in [-0.39, 0.29) is 0 Å². The van der Waals surface area contributed by atoms with Crippen molar-refractivity contribution in [3.05, 3.63) is 0 Å². The number of aliphatic hydroxyl groups excluding tert-OH is 4. The molecule has 5 aliphatic rings. The lowest BCUT2D eigenvalue weighted by molar-refractivity contribution is -0.241. The largest absolute Gasteiger partial charge is 0.394 e. The van der Waals surface area contributed by atoms with Crippen molar-refractivity contribution >= 4 is 0 Å². The van der Waals surface area contributed by atoms with Crippen molar-refractivity contribution in [3.8, 4) is 0 Å². The molecular weight excluding hydrogens is 484 g/mol. The van der Waals surface area contributed by atoms with Gasteiger partial charge in [0, 0.05) is 0 Å². The van der Waals surface area contributed by atoms with Crippen LogP contribution in [-0.4, -0.2) is 45.3 Å². The molecule has 13 atom stereocenters. The molecule has 0 saturated heterocycles. The normalized spacial score (nSPS) is 50.1. The van der Waals surface area contributed by atoms with Crippen LogP contribution in [0.1, 0.15) is 132 Å². The summed E-state index contributed by atoms with van der Waals surface area (Å²) in [5.74, 6) is 4.50. The van der Waals surface area contributed by atoms with E-state index in [1.165, 1.54) is 70.6 Å². The van der Waals surface area contributed by atoms with Crippen LogP contribution in [0.15, 0.2) is 0 Å². The molecule has 0 aromatic heterocycles. The molecule has 0 heterocycles. The highest BCUT2D eigenvalue weighted by molar-refractivity contribution is 5.19. The molecule has 4 nitrogen and oxygen atoms in total. The number of hydrogen-bond acceptors (Lipinski definition) is 4. The van der Waals surface area contributed by atoms with Gasteiger partial charge in [-0.1, -0.05) is 54.9 Å². The van der Waals surface area contributed by atoms with Crippen LogP contribution >= 0.6 is 0 Å². The zero-order valence-corrected chi connectivity index (χ0v) is 26.4. The maximum Gasteiger partial charge on any atom is 0.108 e. The van der Waals surface area contributed by atoms with Gasteiger partial charge in [-0.3, -0.25) is 0 Å². The molecule has 4 heteroatoms. The molecule has 0 amide bonds. The molecule has 5 saturated carbocycles. The van der Waals surface area contributed by atoms with E-state index in [4.69, 9.17) is 5.11 Å². The smallest absolute Gasteiger partial charge is 0.108 e.